The fourth-order valence-electron chi connectivity index (χ4n) is 3.49. The van der Waals surface area contributed by atoms with E-state index in [1.165, 1.54) is 30.3 Å². The van der Waals surface area contributed by atoms with Crippen molar-refractivity contribution in [2.45, 2.75) is 19.2 Å². The molecule has 0 aromatic heterocycles. The van der Waals surface area contributed by atoms with Crippen LogP contribution in [0.4, 0.5) is 13.2 Å². The second-order valence-corrected chi connectivity index (χ2v) is 6.53. The first-order valence-corrected chi connectivity index (χ1v) is 8.44. The van der Waals surface area contributed by atoms with Gasteiger partial charge >= 0.3 is 6.36 Å². The van der Waals surface area contributed by atoms with Gasteiger partial charge in [0, 0.05) is 19.2 Å². The number of halogens is 3. The quantitative estimate of drug-likeness (QED) is 0.849. The number of benzene rings is 1. The summed E-state index contributed by atoms with van der Waals surface area (Å²) in [6.07, 6.45) is 0.432. The Morgan fingerprint density at radius 2 is 1.72 bits per heavy atom. The van der Waals surface area contributed by atoms with Gasteiger partial charge in [0.1, 0.15) is 5.75 Å². The van der Waals surface area contributed by atoms with E-state index in [-0.39, 0.29) is 11.7 Å². The molecule has 0 bridgehead atoms. The summed E-state index contributed by atoms with van der Waals surface area (Å²) < 4.78 is 40.2. The van der Waals surface area contributed by atoms with Crippen LogP contribution < -0.4 is 10.1 Å². The molecule has 0 unspecified atom stereocenters. The second kappa shape index (κ2) is 7.47. The molecule has 0 spiro atoms. The number of hydrogen-bond donors (Lipinski definition) is 1. The fourth-order valence-corrected chi connectivity index (χ4v) is 3.49. The van der Waals surface area contributed by atoms with E-state index in [9.17, 15) is 18.0 Å². The first-order valence-electron chi connectivity index (χ1n) is 8.44. The standard InChI is InChI=1S/C18H21F3N2O2/c19-18(20,21)25-16-4-1-13(2-5-16)3-6-17(24)23-9-7-14-11-22-12-15(14)8-10-23/h1-6,14-15,22H,7-12H2/b6-3+/t14-,15+. The highest BCUT2D eigenvalue weighted by molar-refractivity contribution is 5.91. The molecule has 136 valence electrons. The second-order valence-electron chi connectivity index (χ2n) is 6.53. The maximum Gasteiger partial charge on any atom is 0.573 e. The van der Waals surface area contributed by atoms with Crippen LogP contribution in [0.1, 0.15) is 18.4 Å². The van der Waals surface area contributed by atoms with Crippen LogP contribution in [0, 0.1) is 11.8 Å². The minimum atomic E-state index is -4.70. The van der Waals surface area contributed by atoms with Crippen LogP contribution in [-0.2, 0) is 4.79 Å². The summed E-state index contributed by atoms with van der Waals surface area (Å²) >= 11 is 0. The number of hydrogen-bond acceptors (Lipinski definition) is 3. The van der Waals surface area contributed by atoms with Crippen molar-refractivity contribution < 1.29 is 22.7 Å². The molecule has 0 aliphatic carbocycles. The number of nitrogens with one attached hydrogen (secondary N) is 1. The van der Waals surface area contributed by atoms with Gasteiger partial charge in [-0.2, -0.15) is 0 Å². The molecule has 7 heteroatoms. The molecule has 2 heterocycles. The third-order valence-electron chi connectivity index (χ3n) is 4.86. The van der Waals surface area contributed by atoms with Crippen molar-refractivity contribution in [2.24, 2.45) is 11.8 Å². The third kappa shape index (κ3) is 4.98. The van der Waals surface area contributed by atoms with Crippen LogP contribution in [0.3, 0.4) is 0 Å². The van der Waals surface area contributed by atoms with E-state index in [4.69, 9.17) is 0 Å². The van der Waals surface area contributed by atoms with Gasteiger partial charge in [-0.1, -0.05) is 12.1 Å². The SMILES string of the molecule is O=C(/C=C/c1ccc(OC(F)(F)F)cc1)N1CC[C@@H]2CNC[C@@H]2CC1. The normalized spacial score (nSPS) is 24.2. The molecule has 4 nitrogen and oxygen atoms in total. The molecule has 25 heavy (non-hydrogen) atoms. The highest BCUT2D eigenvalue weighted by atomic mass is 19.4. The van der Waals surface area contributed by atoms with Crippen molar-refractivity contribution in [3.63, 3.8) is 0 Å². The van der Waals surface area contributed by atoms with Crippen LogP contribution in [0.2, 0.25) is 0 Å². The summed E-state index contributed by atoms with van der Waals surface area (Å²) in [7, 11) is 0. The molecule has 3 rings (SSSR count). The van der Waals surface area contributed by atoms with Crippen molar-refractivity contribution >= 4 is 12.0 Å². The molecular weight excluding hydrogens is 333 g/mol. The summed E-state index contributed by atoms with van der Waals surface area (Å²) in [6, 6.07) is 5.45. The number of rotatable bonds is 3. The average molecular weight is 354 g/mol. The molecule has 0 radical (unpaired) electrons. The minimum absolute atomic E-state index is 0.0523. The van der Waals surface area contributed by atoms with E-state index < -0.39 is 6.36 Å². The number of nitrogens with zero attached hydrogens (tertiary/aromatic N) is 1. The Labute approximate surface area is 144 Å². The molecule has 2 aliphatic heterocycles. The maximum absolute atomic E-state index is 12.3. The van der Waals surface area contributed by atoms with Gasteiger partial charge < -0.3 is 15.0 Å². The number of likely N-dealkylation sites (tertiary alicyclic amines) is 1. The number of ether oxygens (including phenoxy) is 1. The van der Waals surface area contributed by atoms with Crippen LogP contribution in [0.25, 0.3) is 6.08 Å². The van der Waals surface area contributed by atoms with Crippen molar-refractivity contribution in [3.05, 3.63) is 35.9 Å². The molecule has 1 N–H and O–H groups in total. The maximum atomic E-state index is 12.3. The Bertz CT molecular complexity index is 614. The number of fused-ring (bicyclic) bond motifs is 1. The molecule has 1 aromatic rings. The lowest BCUT2D eigenvalue weighted by molar-refractivity contribution is -0.274. The van der Waals surface area contributed by atoms with Crippen LogP contribution in [0.5, 0.6) is 5.75 Å². The molecular formula is C18H21F3N2O2. The lowest BCUT2D eigenvalue weighted by Crippen LogP contribution is -2.31. The third-order valence-corrected chi connectivity index (χ3v) is 4.86. The summed E-state index contributed by atoms with van der Waals surface area (Å²) in [5.41, 5.74) is 0.652. The Kier molecular flexibility index (Phi) is 5.32. The average Bonchev–Trinajstić information content (AvgIpc) is 2.91. The molecule has 2 saturated heterocycles. The smallest absolute Gasteiger partial charge is 0.406 e. The van der Waals surface area contributed by atoms with Crippen LogP contribution in [-0.4, -0.2) is 43.3 Å². The zero-order chi connectivity index (χ0) is 17.9. The lowest BCUT2D eigenvalue weighted by Gasteiger charge is -2.19. The van der Waals surface area contributed by atoms with E-state index >= 15 is 0 Å². The van der Waals surface area contributed by atoms with Crippen molar-refractivity contribution in [3.8, 4) is 5.75 Å². The monoisotopic (exact) mass is 354 g/mol. The number of alkyl halides is 3. The Hall–Kier alpha value is -2.02. The van der Waals surface area contributed by atoms with Gasteiger partial charge in [-0.05, 0) is 61.5 Å². The molecule has 0 saturated carbocycles. The first-order chi connectivity index (χ1) is 11.9. The largest absolute Gasteiger partial charge is 0.573 e. The van der Waals surface area contributed by atoms with E-state index in [0.29, 0.717) is 17.4 Å². The van der Waals surface area contributed by atoms with Gasteiger partial charge in [0.15, 0.2) is 0 Å². The van der Waals surface area contributed by atoms with Gasteiger partial charge in [-0.25, -0.2) is 0 Å². The predicted molar refractivity (Wildman–Crippen MR) is 87.8 cm³/mol. The predicted octanol–water partition coefficient (Wildman–Crippen LogP) is 3.06. The van der Waals surface area contributed by atoms with Gasteiger partial charge in [0.05, 0.1) is 0 Å². The summed E-state index contributed by atoms with van der Waals surface area (Å²) in [4.78, 5) is 14.2. The lowest BCUT2D eigenvalue weighted by atomic mass is 9.92. The van der Waals surface area contributed by atoms with Crippen molar-refractivity contribution in [1.82, 2.24) is 10.2 Å². The number of carbonyl (C=O) groups excluding carboxylic acids is 1. The van der Waals surface area contributed by atoms with Gasteiger partial charge in [-0.15, -0.1) is 13.2 Å². The van der Waals surface area contributed by atoms with Gasteiger partial charge in [0.25, 0.3) is 0 Å². The molecule has 2 fully saturated rings. The molecule has 1 amide bonds. The number of amides is 1. The highest BCUT2D eigenvalue weighted by Crippen LogP contribution is 2.27. The van der Waals surface area contributed by atoms with Crippen LogP contribution >= 0.6 is 0 Å². The molecule has 2 aliphatic rings. The van der Waals surface area contributed by atoms with E-state index in [1.54, 1.807) is 6.08 Å². The molecule has 1 aromatic carbocycles. The summed E-state index contributed by atoms with van der Waals surface area (Å²) in [5, 5.41) is 3.40. The highest BCUT2D eigenvalue weighted by Gasteiger charge is 2.31. The Balaban J connectivity index is 1.55. The van der Waals surface area contributed by atoms with Gasteiger partial charge in [-0.3, -0.25) is 4.79 Å². The minimum Gasteiger partial charge on any atom is -0.406 e. The summed E-state index contributed by atoms with van der Waals surface area (Å²) in [5.74, 6) is 0.984. The topological polar surface area (TPSA) is 41.6 Å². The van der Waals surface area contributed by atoms with E-state index in [1.807, 2.05) is 4.90 Å². The Morgan fingerprint density at radius 1 is 1.12 bits per heavy atom. The number of carbonyl (C=O) groups is 1. The fraction of sp³-hybridized carbons (Fsp3) is 0.500. The molecule has 2 atom stereocenters. The van der Waals surface area contributed by atoms with Crippen LogP contribution in [0.15, 0.2) is 30.3 Å². The van der Waals surface area contributed by atoms with E-state index in [0.717, 1.165) is 39.0 Å². The van der Waals surface area contributed by atoms with Crippen molar-refractivity contribution in [1.29, 1.82) is 0 Å². The zero-order valence-corrected chi connectivity index (χ0v) is 13.8. The Morgan fingerprint density at radius 3 is 2.28 bits per heavy atom. The van der Waals surface area contributed by atoms with E-state index in [2.05, 4.69) is 10.1 Å². The first kappa shape index (κ1) is 17.8. The zero-order valence-electron chi connectivity index (χ0n) is 13.8. The van der Waals surface area contributed by atoms with Gasteiger partial charge in [0.2, 0.25) is 5.91 Å². The summed E-state index contributed by atoms with van der Waals surface area (Å²) in [6.45, 7) is 3.58. The van der Waals surface area contributed by atoms with Crippen molar-refractivity contribution in [2.75, 3.05) is 26.2 Å².